The number of aromatic nitrogens is 2. The Kier molecular flexibility index (Phi) is 9.63. The predicted octanol–water partition coefficient (Wildman–Crippen LogP) is 3.58. The number of hydrogen-bond acceptors (Lipinski definition) is 4. The summed E-state index contributed by atoms with van der Waals surface area (Å²) in [5, 5.41) is 0.0636. The van der Waals surface area contributed by atoms with Crippen molar-refractivity contribution in [1.29, 1.82) is 0 Å². The van der Waals surface area contributed by atoms with Crippen molar-refractivity contribution in [3.63, 3.8) is 0 Å². The monoisotopic (exact) mass is 420 g/mol. The summed E-state index contributed by atoms with van der Waals surface area (Å²) < 4.78 is 8.50. The van der Waals surface area contributed by atoms with Crippen molar-refractivity contribution >= 4 is 13.8 Å². The van der Waals surface area contributed by atoms with E-state index in [1.165, 1.54) is 10.6 Å². The molecule has 0 bridgehead atoms. The van der Waals surface area contributed by atoms with Crippen molar-refractivity contribution in [3.05, 3.63) is 33.1 Å². The standard InChI is InChI=1S/C23H41BN2O4/c1-17(2)23(7,16-22(5,6)24)20(28)30-15-11-9-8-10-13-25-14-12-19(27)26(18(3)4)21(25)29/h12,14,17-18H,8-11,13,15-16,24H2,1-7H3. The number of carbonyl (C=O) groups is 1. The van der Waals surface area contributed by atoms with Gasteiger partial charge in [0.1, 0.15) is 7.85 Å². The van der Waals surface area contributed by atoms with Crippen LogP contribution in [0, 0.1) is 11.3 Å². The number of unbranched alkanes of at least 4 members (excludes halogenated alkanes) is 3. The van der Waals surface area contributed by atoms with Gasteiger partial charge in [-0.05, 0) is 52.4 Å². The minimum atomic E-state index is -0.473. The fraction of sp³-hybridized carbons (Fsp3) is 0.783. The first-order chi connectivity index (χ1) is 13.8. The van der Waals surface area contributed by atoms with E-state index in [1.807, 2.05) is 20.8 Å². The van der Waals surface area contributed by atoms with E-state index >= 15 is 0 Å². The zero-order valence-corrected chi connectivity index (χ0v) is 20.3. The van der Waals surface area contributed by atoms with Crippen LogP contribution in [0.3, 0.4) is 0 Å². The third-order valence-corrected chi connectivity index (χ3v) is 5.77. The third kappa shape index (κ3) is 7.48. The first-order valence-corrected chi connectivity index (χ1v) is 11.3. The Bertz CT molecular complexity index is 805. The highest BCUT2D eigenvalue weighted by molar-refractivity contribution is 6.14. The Morgan fingerprint density at radius 2 is 1.67 bits per heavy atom. The highest BCUT2D eigenvalue weighted by atomic mass is 16.5. The van der Waals surface area contributed by atoms with E-state index < -0.39 is 5.41 Å². The molecule has 1 aromatic heterocycles. The summed E-state index contributed by atoms with van der Waals surface area (Å²) in [5.74, 6) is 0.117. The molecule has 170 valence electrons. The van der Waals surface area contributed by atoms with Gasteiger partial charge in [-0.1, -0.05) is 39.4 Å². The van der Waals surface area contributed by atoms with Gasteiger partial charge in [-0.15, -0.1) is 0 Å². The van der Waals surface area contributed by atoms with E-state index in [2.05, 4.69) is 35.5 Å². The zero-order valence-electron chi connectivity index (χ0n) is 20.3. The molecule has 7 heteroatoms. The summed E-state index contributed by atoms with van der Waals surface area (Å²) >= 11 is 0. The molecule has 1 heterocycles. The largest absolute Gasteiger partial charge is 0.465 e. The van der Waals surface area contributed by atoms with Crippen LogP contribution in [0.15, 0.2) is 21.9 Å². The van der Waals surface area contributed by atoms with Gasteiger partial charge in [0.05, 0.1) is 12.0 Å². The molecule has 1 aromatic rings. The van der Waals surface area contributed by atoms with E-state index in [0.717, 1.165) is 32.1 Å². The molecule has 0 fully saturated rings. The Labute approximate surface area is 182 Å². The molecule has 0 aliphatic heterocycles. The molecule has 0 aliphatic rings. The average Bonchev–Trinajstić information content (AvgIpc) is 2.60. The molecule has 1 atom stereocenters. The lowest BCUT2D eigenvalue weighted by Crippen LogP contribution is -2.40. The third-order valence-electron chi connectivity index (χ3n) is 5.77. The smallest absolute Gasteiger partial charge is 0.331 e. The Balaban J connectivity index is 2.44. The van der Waals surface area contributed by atoms with Crippen LogP contribution in [0.1, 0.15) is 86.6 Å². The Morgan fingerprint density at radius 3 is 2.20 bits per heavy atom. The van der Waals surface area contributed by atoms with Crippen LogP contribution in [-0.2, 0) is 16.1 Å². The molecule has 0 saturated carbocycles. The van der Waals surface area contributed by atoms with Crippen LogP contribution in [0.4, 0.5) is 0 Å². The van der Waals surface area contributed by atoms with Gasteiger partial charge in [0, 0.05) is 24.8 Å². The maximum Gasteiger partial charge on any atom is 0.331 e. The fourth-order valence-corrected chi connectivity index (χ4v) is 3.86. The summed E-state index contributed by atoms with van der Waals surface area (Å²) in [7, 11) is 2.15. The first kappa shape index (κ1) is 26.3. The van der Waals surface area contributed by atoms with Gasteiger partial charge in [-0.2, -0.15) is 0 Å². The zero-order chi connectivity index (χ0) is 23.1. The summed E-state index contributed by atoms with van der Waals surface area (Å²) in [6.07, 6.45) is 5.91. The van der Waals surface area contributed by atoms with Gasteiger partial charge < -0.3 is 9.30 Å². The Hall–Kier alpha value is -1.79. The molecule has 30 heavy (non-hydrogen) atoms. The molecule has 1 unspecified atom stereocenters. The number of carbonyl (C=O) groups excluding carboxylic acids is 1. The van der Waals surface area contributed by atoms with E-state index in [-0.39, 0.29) is 34.5 Å². The second-order valence-electron chi connectivity index (χ2n) is 10.5. The average molecular weight is 420 g/mol. The number of aryl methyl sites for hydroxylation is 1. The quantitative estimate of drug-likeness (QED) is 0.294. The van der Waals surface area contributed by atoms with Gasteiger partial charge in [0.25, 0.3) is 5.56 Å². The minimum absolute atomic E-state index is 0.0636. The van der Waals surface area contributed by atoms with Crippen molar-refractivity contribution in [2.75, 3.05) is 6.61 Å². The van der Waals surface area contributed by atoms with Crippen LogP contribution in [0.2, 0.25) is 5.31 Å². The lowest BCUT2D eigenvalue weighted by atomic mass is 9.60. The number of hydrogen-bond donors (Lipinski definition) is 0. The van der Waals surface area contributed by atoms with Gasteiger partial charge in [0.2, 0.25) is 0 Å². The van der Waals surface area contributed by atoms with Crippen molar-refractivity contribution in [1.82, 2.24) is 9.13 Å². The second kappa shape index (κ2) is 11.0. The lowest BCUT2D eigenvalue weighted by molar-refractivity contribution is -0.159. The Morgan fingerprint density at radius 1 is 1.07 bits per heavy atom. The maximum absolute atomic E-state index is 12.7. The number of ether oxygens (including phenoxy) is 1. The molecule has 6 nitrogen and oxygen atoms in total. The van der Waals surface area contributed by atoms with E-state index in [4.69, 9.17) is 4.74 Å². The molecular formula is C23H41BN2O4. The highest BCUT2D eigenvalue weighted by Gasteiger charge is 2.41. The SMILES string of the molecule is BC(C)(C)CC(C)(C(=O)OCCCCCCn1ccc(=O)n(C(C)C)c1=O)C(C)C. The van der Waals surface area contributed by atoms with Crippen LogP contribution < -0.4 is 11.2 Å². The number of rotatable bonds is 12. The number of nitrogens with zero attached hydrogens (tertiary/aromatic N) is 2. The van der Waals surface area contributed by atoms with Crippen LogP contribution in [-0.4, -0.2) is 29.6 Å². The minimum Gasteiger partial charge on any atom is -0.465 e. The molecule has 0 N–H and O–H groups in total. The van der Waals surface area contributed by atoms with Gasteiger partial charge >= 0.3 is 11.7 Å². The highest BCUT2D eigenvalue weighted by Crippen LogP contribution is 2.42. The second-order valence-corrected chi connectivity index (χ2v) is 10.5. The van der Waals surface area contributed by atoms with Crippen LogP contribution >= 0.6 is 0 Å². The van der Waals surface area contributed by atoms with Crippen molar-refractivity contribution < 1.29 is 9.53 Å². The molecule has 1 rings (SSSR count). The molecular weight excluding hydrogens is 379 g/mol. The summed E-state index contributed by atoms with van der Waals surface area (Å²) in [6, 6.07) is 1.30. The van der Waals surface area contributed by atoms with Crippen molar-refractivity contribution in [2.24, 2.45) is 11.3 Å². The molecule has 0 spiro atoms. The molecule has 0 aromatic carbocycles. The first-order valence-electron chi connectivity index (χ1n) is 11.3. The summed E-state index contributed by atoms with van der Waals surface area (Å²) in [5.41, 5.74) is -0.981. The van der Waals surface area contributed by atoms with Crippen molar-refractivity contribution in [2.45, 2.75) is 98.5 Å². The summed E-state index contributed by atoms with van der Waals surface area (Å²) in [6.45, 7) is 15.2. The predicted molar refractivity (Wildman–Crippen MR) is 125 cm³/mol. The molecule has 0 saturated heterocycles. The van der Waals surface area contributed by atoms with Gasteiger partial charge in [-0.3, -0.25) is 14.2 Å². The fourth-order valence-electron chi connectivity index (χ4n) is 3.86. The van der Waals surface area contributed by atoms with Gasteiger partial charge in [-0.25, -0.2) is 4.79 Å². The van der Waals surface area contributed by atoms with E-state index in [0.29, 0.717) is 13.2 Å². The summed E-state index contributed by atoms with van der Waals surface area (Å²) in [4.78, 5) is 36.9. The van der Waals surface area contributed by atoms with Crippen LogP contribution in [0.25, 0.3) is 0 Å². The molecule has 0 amide bonds. The molecule has 0 aliphatic carbocycles. The normalized spacial score (nSPS) is 14.2. The van der Waals surface area contributed by atoms with Crippen molar-refractivity contribution in [3.8, 4) is 0 Å². The van der Waals surface area contributed by atoms with Gasteiger partial charge in [0.15, 0.2) is 0 Å². The van der Waals surface area contributed by atoms with E-state index in [1.54, 1.807) is 10.8 Å². The van der Waals surface area contributed by atoms with E-state index in [9.17, 15) is 14.4 Å². The van der Waals surface area contributed by atoms with Crippen LogP contribution in [0.5, 0.6) is 0 Å². The number of esters is 1. The lowest BCUT2D eigenvalue weighted by Gasteiger charge is -2.37. The molecule has 0 radical (unpaired) electrons. The maximum atomic E-state index is 12.7. The topological polar surface area (TPSA) is 70.3 Å².